The number of imidazole rings is 1. The van der Waals surface area contributed by atoms with Crippen molar-refractivity contribution < 1.29 is 9.53 Å². The van der Waals surface area contributed by atoms with Gasteiger partial charge in [-0.1, -0.05) is 25.5 Å². The van der Waals surface area contributed by atoms with Crippen LogP contribution in [0.25, 0.3) is 33.4 Å². The largest absolute Gasteiger partial charge is 0.462 e. The van der Waals surface area contributed by atoms with Crippen molar-refractivity contribution in [3.63, 3.8) is 0 Å². The van der Waals surface area contributed by atoms with Gasteiger partial charge >= 0.3 is 5.97 Å². The molecule has 0 aliphatic carbocycles. The standard InChI is InChI=1S/C24H20N4O3/c1-2-3-14-31-23(30)16-8-10-17(11-9-16)27-13-12-20-18(22(27)29)15-25-24-26-19-6-4-5-7-21(19)28(20)24/h4-13,15H,2-3,14H2,1H3. The highest BCUT2D eigenvalue weighted by Crippen LogP contribution is 2.20. The molecule has 7 heteroatoms. The van der Waals surface area contributed by atoms with Crippen molar-refractivity contribution in [1.82, 2.24) is 18.9 Å². The molecule has 0 unspecified atom stereocenters. The number of carbonyl (C=O) groups is 1. The Labute approximate surface area is 177 Å². The maximum Gasteiger partial charge on any atom is 0.338 e. The summed E-state index contributed by atoms with van der Waals surface area (Å²) in [5.41, 5.74) is 3.40. The molecule has 2 aromatic carbocycles. The Balaban J connectivity index is 1.56. The van der Waals surface area contributed by atoms with Gasteiger partial charge in [-0.25, -0.2) is 14.8 Å². The number of fused-ring (bicyclic) bond motifs is 5. The van der Waals surface area contributed by atoms with Gasteiger partial charge in [-0.2, -0.15) is 0 Å². The molecule has 3 heterocycles. The highest BCUT2D eigenvalue weighted by atomic mass is 16.5. The number of aromatic nitrogens is 4. The number of unbranched alkanes of at least 4 members (excludes halogenated alkanes) is 1. The second kappa shape index (κ2) is 7.68. The van der Waals surface area contributed by atoms with E-state index in [4.69, 9.17) is 4.74 Å². The molecule has 0 amide bonds. The number of benzene rings is 2. The number of esters is 1. The molecule has 3 aromatic heterocycles. The molecule has 0 atom stereocenters. The Kier molecular flexibility index (Phi) is 4.71. The predicted octanol–water partition coefficient (Wildman–Crippen LogP) is 4.14. The minimum atomic E-state index is -0.357. The molecule has 0 radical (unpaired) electrons. The second-order valence-electron chi connectivity index (χ2n) is 7.32. The molecule has 0 aliphatic rings. The summed E-state index contributed by atoms with van der Waals surface area (Å²) in [7, 11) is 0. The van der Waals surface area contributed by atoms with Gasteiger partial charge in [0.25, 0.3) is 5.56 Å². The summed E-state index contributed by atoms with van der Waals surface area (Å²) in [4.78, 5) is 34.2. The lowest BCUT2D eigenvalue weighted by Gasteiger charge is -2.09. The van der Waals surface area contributed by atoms with Crippen LogP contribution in [-0.2, 0) is 4.74 Å². The molecule has 0 spiro atoms. The quantitative estimate of drug-likeness (QED) is 0.320. The fourth-order valence-corrected chi connectivity index (χ4v) is 3.67. The molecule has 31 heavy (non-hydrogen) atoms. The predicted molar refractivity (Wildman–Crippen MR) is 119 cm³/mol. The zero-order valence-electron chi connectivity index (χ0n) is 17.0. The van der Waals surface area contributed by atoms with Gasteiger partial charge in [-0.05, 0) is 48.9 Å². The van der Waals surface area contributed by atoms with Crippen molar-refractivity contribution in [3.8, 4) is 5.69 Å². The SMILES string of the molecule is CCCCOC(=O)c1ccc(-n2ccc3c(cnc4nc5ccccc5n43)c2=O)cc1. The maximum atomic E-state index is 13.2. The average molecular weight is 412 g/mol. The molecule has 5 aromatic rings. The zero-order valence-corrected chi connectivity index (χ0v) is 17.0. The highest BCUT2D eigenvalue weighted by Gasteiger charge is 2.13. The molecule has 0 saturated heterocycles. The number of para-hydroxylation sites is 2. The van der Waals surface area contributed by atoms with Crippen LogP contribution in [-0.4, -0.2) is 31.5 Å². The molecule has 0 fully saturated rings. The smallest absolute Gasteiger partial charge is 0.338 e. The number of ether oxygens (including phenoxy) is 1. The summed E-state index contributed by atoms with van der Waals surface area (Å²) in [6.45, 7) is 2.45. The Morgan fingerprint density at radius 1 is 1.03 bits per heavy atom. The minimum Gasteiger partial charge on any atom is -0.462 e. The van der Waals surface area contributed by atoms with Crippen LogP contribution in [0.1, 0.15) is 30.1 Å². The lowest BCUT2D eigenvalue weighted by Crippen LogP contribution is -2.19. The van der Waals surface area contributed by atoms with Gasteiger partial charge in [-0.3, -0.25) is 13.8 Å². The lowest BCUT2D eigenvalue weighted by molar-refractivity contribution is 0.0500. The monoisotopic (exact) mass is 412 g/mol. The van der Waals surface area contributed by atoms with Crippen molar-refractivity contribution in [2.75, 3.05) is 6.61 Å². The van der Waals surface area contributed by atoms with E-state index in [2.05, 4.69) is 9.97 Å². The van der Waals surface area contributed by atoms with E-state index < -0.39 is 0 Å². The van der Waals surface area contributed by atoms with E-state index in [1.165, 1.54) is 0 Å². The number of pyridine rings is 1. The van der Waals surface area contributed by atoms with Crippen LogP contribution in [0.2, 0.25) is 0 Å². The summed E-state index contributed by atoms with van der Waals surface area (Å²) in [6.07, 6.45) is 5.10. The van der Waals surface area contributed by atoms with Crippen molar-refractivity contribution in [3.05, 3.63) is 82.9 Å². The first kappa shape index (κ1) is 19.0. The molecule has 5 rings (SSSR count). The third-order valence-corrected chi connectivity index (χ3v) is 5.31. The van der Waals surface area contributed by atoms with Gasteiger partial charge in [0.1, 0.15) is 0 Å². The van der Waals surface area contributed by atoms with Crippen LogP contribution in [0.15, 0.2) is 71.8 Å². The molecule has 0 saturated carbocycles. The first-order valence-corrected chi connectivity index (χ1v) is 10.2. The summed E-state index contributed by atoms with van der Waals surface area (Å²) in [5.74, 6) is 0.196. The molecule has 7 nitrogen and oxygen atoms in total. The summed E-state index contributed by atoms with van der Waals surface area (Å²) in [5, 5.41) is 0.487. The Morgan fingerprint density at radius 2 is 1.84 bits per heavy atom. The minimum absolute atomic E-state index is 0.192. The van der Waals surface area contributed by atoms with E-state index in [-0.39, 0.29) is 11.5 Å². The Hall–Kier alpha value is -4.00. The van der Waals surface area contributed by atoms with Crippen molar-refractivity contribution in [2.24, 2.45) is 0 Å². The molecule has 0 bridgehead atoms. The zero-order chi connectivity index (χ0) is 21.4. The number of rotatable bonds is 5. The van der Waals surface area contributed by atoms with Crippen LogP contribution < -0.4 is 5.56 Å². The van der Waals surface area contributed by atoms with E-state index in [1.54, 1.807) is 41.2 Å². The maximum absolute atomic E-state index is 13.2. The van der Waals surface area contributed by atoms with Crippen LogP contribution in [0.4, 0.5) is 0 Å². The van der Waals surface area contributed by atoms with Crippen LogP contribution in [0.3, 0.4) is 0 Å². The van der Waals surface area contributed by atoms with Crippen molar-refractivity contribution in [2.45, 2.75) is 19.8 Å². The summed E-state index contributed by atoms with van der Waals surface area (Å²) in [6, 6.07) is 16.4. The van der Waals surface area contributed by atoms with Gasteiger partial charge in [0, 0.05) is 18.1 Å². The van der Waals surface area contributed by atoms with Crippen molar-refractivity contribution in [1.29, 1.82) is 0 Å². The number of carbonyl (C=O) groups excluding carboxylic acids is 1. The topological polar surface area (TPSA) is 78.5 Å². The van der Waals surface area contributed by atoms with Gasteiger partial charge in [0.15, 0.2) is 0 Å². The summed E-state index contributed by atoms with van der Waals surface area (Å²) < 4.78 is 8.68. The fraction of sp³-hybridized carbons (Fsp3) is 0.167. The van der Waals surface area contributed by atoms with Crippen LogP contribution in [0, 0.1) is 0 Å². The Morgan fingerprint density at radius 3 is 2.65 bits per heavy atom. The van der Waals surface area contributed by atoms with E-state index in [0.717, 1.165) is 29.4 Å². The number of hydrogen-bond donors (Lipinski definition) is 0. The molecule has 0 N–H and O–H groups in total. The molecular formula is C24H20N4O3. The van der Waals surface area contributed by atoms with Crippen LogP contribution in [0.5, 0.6) is 0 Å². The van der Waals surface area contributed by atoms with E-state index in [0.29, 0.717) is 29.0 Å². The van der Waals surface area contributed by atoms with E-state index in [1.807, 2.05) is 41.7 Å². The summed E-state index contributed by atoms with van der Waals surface area (Å²) >= 11 is 0. The number of hydrogen-bond acceptors (Lipinski definition) is 5. The first-order chi connectivity index (χ1) is 15.2. The first-order valence-electron chi connectivity index (χ1n) is 10.2. The van der Waals surface area contributed by atoms with E-state index >= 15 is 0 Å². The molecular weight excluding hydrogens is 392 g/mol. The third kappa shape index (κ3) is 3.24. The van der Waals surface area contributed by atoms with Crippen LogP contribution >= 0.6 is 0 Å². The van der Waals surface area contributed by atoms with Gasteiger partial charge in [-0.15, -0.1) is 0 Å². The molecule has 0 aliphatic heterocycles. The Bertz CT molecular complexity index is 1480. The highest BCUT2D eigenvalue weighted by molar-refractivity contribution is 5.90. The van der Waals surface area contributed by atoms with Gasteiger partial charge < -0.3 is 4.74 Å². The third-order valence-electron chi connectivity index (χ3n) is 5.31. The average Bonchev–Trinajstić information content (AvgIpc) is 3.19. The van der Waals surface area contributed by atoms with E-state index in [9.17, 15) is 9.59 Å². The normalized spacial score (nSPS) is 11.4. The lowest BCUT2D eigenvalue weighted by atomic mass is 10.2. The van der Waals surface area contributed by atoms with Gasteiger partial charge in [0.05, 0.1) is 34.1 Å². The number of nitrogens with zero attached hydrogens (tertiary/aromatic N) is 4. The van der Waals surface area contributed by atoms with Crippen molar-refractivity contribution >= 4 is 33.7 Å². The second-order valence-corrected chi connectivity index (χ2v) is 7.32. The van der Waals surface area contributed by atoms with Gasteiger partial charge in [0.2, 0.25) is 5.78 Å². The fourth-order valence-electron chi connectivity index (χ4n) is 3.67. The molecule has 154 valence electrons.